The number of carbonyl (C=O) groups excluding carboxylic acids is 2. The third-order valence-corrected chi connectivity index (χ3v) is 6.07. The van der Waals surface area contributed by atoms with Gasteiger partial charge in [0.2, 0.25) is 5.91 Å². The molecule has 4 rings (SSSR count). The summed E-state index contributed by atoms with van der Waals surface area (Å²) in [6, 6.07) is 19.3. The predicted molar refractivity (Wildman–Crippen MR) is 132 cm³/mol. The average Bonchev–Trinajstić information content (AvgIpc) is 3.21. The lowest BCUT2D eigenvalue weighted by molar-refractivity contribution is -0.115. The van der Waals surface area contributed by atoms with Gasteiger partial charge < -0.3 is 20.4 Å². The van der Waals surface area contributed by atoms with Gasteiger partial charge in [-0.1, -0.05) is 35.5 Å². The Morgan fingerprint density at radius 2 is 1.82 bits per heavy atom. The lowest BCUT2D eigenvalue weighted by atomic mass is 10.2. The van der Waals surface area contributed by atoms with Crippen LogP contribution in [0.4, 0.5) is 11.4 Å². The number of rotatable bonds is 7. The minimum atomic E-state index is -0.394. The summed E-state index contributed by atoms with van der Waals surface area (Å²) in [4.78, 5) is 32.8. The number of anilines is 2. The fourth-order valence-electron chi connectivity index (χ4n) is 3.13. The normalized spacial score (nSPS) is 11.7. The first kappa shape index (κ1) is 22.7. The van der Waals surface area contributed by atoms with Crippen LogP contribution in [-0.4, -0.2) is 34.1 Å². The highest BCUT2D eigenvalue weighted by molar-refractivity contribution is 8.00. The molecule has 9 heteroatoms. The van der Waals surface area contributed by atoms with E-state index in [9.17, 15) is 9.59 Å². The monoisotopic (exact) mass is 480 g/mol. The largest absolute Gasteiger partial charge is 0.495 e. The number of nitrogens with zero attached hydrogens (tertiary/aromatic N) is 1. The maximum absolute atomic E-state index is 12.6. The Labute approximate surface area is 199 Å². The molecule has 0 saturated heterocycles. The molecule has 0 aliphatic carbocycles. The van der Waals surface area contributed by atoms with Crippen molar-refractivity contribution < 1.29 is 14.3 Å². The first-order valence-electron chi connectivity index (χ1n) is 10.1. The zero-order valence-electron chi connectivity index (χ0n) is 17.9. The Morgan fingerprint density at radius 3 is 2.58 bits per heavy atom. The molecule has 1 unspecified atom stereocenters. The van der Waals surface area contributed by atoms with Crippen molar-refractivity contribution in [1.82, 2.24) is 9.97 Å². The quantitative estimate of drug-likeness (QED) is 0.299. The molecule has 0 bridgehead atoms. The number of carbonyl (C=O) groups is 2. The van der Waals surface area contributed by atoms with Gasteiger partial charge in [0.25, 0.3) is 5.91 Å². The molecule has 0 aliphatic rings. The highest BCUT2D eigenvalue weighted by Gasteiger charge is 2.17. The number of methoxy groups -OCH3 is 1. The second-order valence-electron chi connectivity index (χ2n) is 7.18. The number of ether oxygens (including phenoxy) is 1. The van der Waals surface area contributed by atoms with E-state index < -0.39 is 5.25 Å². The minimum absolute atomic E-state index is 0.176. The molecule has 1 aromatic heterocycles. The van der Waals surface area contributed by atoms with Crippen LogP contribution < -0.4 is 15.4 Å². The van der Waals surface area contributed by atoms with E-state index in [1.807, 2.05) is 18.2 Å². The average molecular weight is 481 g/mol. The van der Waals surface area contributed by atoms with Crippen LogP contribution >= 0.6 is 23.4 Å². The molecular weight excluding hydrogens is 460 g/mol. The molecule has 0 aliphatic heterocycles. The molecule has 3 aromatic carbocycles. The molecule has 7 nitrogen and oxygen atoms in total. The third-order valence-electron chi connectivity index (χ3n) is 4.85. The van der Waals surface area contributed by atoms with Gasteiger partial charge in [-0.3, -0.25) is 9.59 Å². The molecule has 0 spiro atoms. The molecule has 0 saturated carbocycles. The Hall–Kier alpha value is -3.49. The van der Waals surface area contributed by atoms with Crippen molar-refractivity contribution in [3.05, 3.63) is 77.3 Å². The van der Waals surface area contributed by atoms with Gasteiger partial charge in [-0.2, -0.15) is 0 Å². The molecule has 168 valence electrons. The van der Waals surface area contributed by atoms with Crippen LogP contribution in [0.25, 0.3) is 11.0 Å². The number of aromatic nitrogens is 2. The Balaban J connectivity index is 1.36. The van der Waals surface area contributed by atoms with Crippen LogP contribution in [0.15, 0.2) is 71.9 Å². The number of halogens is 1. The predicted octanol–water partition coefficient (Wildman–Crippen LogP) is 5.60. The maximum Gasteiger partial charge on any atom is 0.255 e. The number of thioether (sulfide) groups is 1. The molecule has 0 fully saturated rings. The number of aromatic amines is 1. The smallest absolute Gasteiger partial charge is 0.255 e. The van der Waals surface area contributed by atoms with Crippen LogP contribution in [0.1, 0.15) is 17.3 Å². The second-order valence-corrected chi connectivity index (χ2v) is 8.95. The summed E-state index contributed by atoms with van der Waals surface area (Å²) in [5, 5.41) is 6.55. The van der Waals surface area contributed by atoms with Crippen molar-refractivity contribution in [2.45, 2.75) is 17.3 Å². The number of hydrogen-bond acceptors (Lipinski definition) is 5. The van der Waals surface area contributed by atoms with Crippen LogP contribution in [0, 0.1) is 0 Å². The van der Waals surface area contributed by atoms with E-state index >= 15 is 0 Å². The number of para-hydroxylation sites is 2. The summed E-state index contributed by atoms with van der Waals surface area (Å²) in [6.45, 7) is 1.80. The van der Waals surface area contributed by atoms with E-state index in [0.717, 1.165) is 11.0 Å². The number of H-pyrrole nitrogens is 1. The van der Waals surface area contributed by atoms with Crippen molar-refractivity contribution in [3.8, 4) is 5.75 Å². The third kappa shape index (κ3) is 5.47. The van der Waals surface area contributed by atoms with Gasteiger partial charge in [0, 0.05) is 16.3 Å². The van der Waals surface area contributed by atoms with E-state index in [2.05, 4.69) is 20.6 Å². The number of hydrogen-bond donors (Lipinski definition) is 3. The SMILES string of the molecule is COc1ccccc1NC(=O)c1ccc(NC(=O)C(C)Sc2nc3ccc(Cl)cc3[nH]2)cc1. The van der Waals surface area contributed by atoms with Crippen LogP contribution in [-0.2, 0) is 4.79 Å². The number of imidazole rings is 1. The van der Waals surface area contributed by atoms with Crippen molar-refractivity contribution in [3.63, 3.8) is 0 Å². The van der Waals surface area contributed by atoms with E-state index in [1.165, 1.54) is 11.8 Å². The zero-order chi connectivity index (χ0) is 23.4. The Bertz CT molecular complexity index is 1310. The summed E-state index contributed by atoms with van der Waals surface area (Å²) in [7, 11) is 1.55. The zero-order valence-corrected chi connectivity index (χ0v) is 19.5. The van der Waals surface area contributed by atoms with Crippen molar-refractivity contribution in [2.75, 3.05) is 17.7 Å². The molecule has 0 radical (unpaired) electrons. The molecule has 1 atom stereocenters. The van der Waals surface area contributed by atoms with Crippen LogP contribution in [0.2, 0.25) is 5.02 Å². The number of benzene rings is 3. The van der Waals surface area contributed by atoms with Crippen LogP contribution in [0.3, 0.4) is 0 Å². The van der Waals surface area contributed by atoms with E-state index in [-0.39, 0.29) is 11.8 Å². The number of nitrogens with one attached hydrogen (secondary N) is 3. The molecule has 2 amide bonds. The van der Waals surface area contributed by atoms with Gasteiger partial charge in [-0.15, -0.1) is 0 Å². The summed E-state index contributed by atoms with van der Waals surface area (Å²) < 4.78 is 5.26. The Kier molecular flexibility index (Phi) is 6.86. The van der Waals surface area contributed by atoms with Gasteiger partial charge in [-0.25, -0.2) is 4.98 Å². The van der Waals surface area contributed by atoms with E-state index in [1.54, 1.807) is 62.6 Å². The molecule has 33 heavy (non-hydrogen) atoms. The fraction of sp³-hybridized carbons (Fsp3) is 0.125. The molecule has 4 aromatic rings. The van der Waals surface area contributed by atoms with Gasteiger partial charge in [-0.05, 0) is 61.5 Å². The molecular formula is C24H21ClN4O3S. The van der Waals surface area contributed by atoms with E-state index in [0.29, 0.717) is 32.9 Å². The Morgan fingerprint density at radius 1 is 1.06 bits per heavy atom. The summed E-state index contributed by atoms with van der Waals surface area (Å²) in [5.41, 5.74) is 3.25. The van der Waals surface area contributed by atoms with Gasteiger partial charge in [0.05, 0.1) is 29.1 Å². The summed E-state index contributed by atoms with van der Waals surface area (Å²) in [6.07, 6.45) is 0. The fourth-order valence-corrected chi connectivity index (χ4v) is 4.12. The molecule has 1 heterocycles. The second kappa shape index (κ2) is 9.97. The lowest BCUT2D eigenvalue weighted by Gasteiger charge is -2.12. The van der Waals surface area contributed by atoms with Crippen molar-refractivity contribution in [1.29, 1.82) is 0 Å². The van der Waals surface area contributed by atoms with Crippen molar-refractivity contribution >= 4 is 57.6 Å². The maximum atomic E-state index is 12.6. The highest BCUT2D eigenvalue weighted by Crippen LogP contribution is 2.26. The van der Waals surface area contributed by atoms with Crippen LogP contribution in [0.5, 0.6) is 5.75 Å². The van der Waals surface area contributed by atoms with Gasteiger partial charge >= 0.3 is 0 Å². The van der Waals surface area contributed by atoms with Crippen molar-refractivity contribution in [2.24, 2.45) is 0 Å². The summed E-state index contributed by atoms with van der Waals surface area (Å²) in [5.74, 6) is 0.129. The summed E-state index contributed by atoms with van der Waals surface area (Å²) >= 11 is 7.33. The standard InChI is InChI=1S/C24H21ClN4O3S/c1-14(33-24-28-18-12-9-16(25)13-20(18)29-24)22(30)26-17-10-7-15(8-11-17)23(31)27-19-5-3-4-6-21(19)32-2/h3-14H,1-2H3,(H,26,30)(H,27,31)(H,28,29). The topological polar surface area (TPSA) is 96.1 Å². The highest BCUT2D eigenvalue weighted by atomic mass is 35.5. The lowest BCUT2D eigenvalue weighted by Crippen LogP contribution is -2.22. The van der Waals surface area contributed by atoms with Gasteiger partial charge in [0.1, 0.15) is 5.75 Å². The van der Waals surface area contributed by atoms with Gasteiger partial charge in [0.15, 0.2) is 5.16 Å². The first-order valence-corrected chi connectivity index (χ1v) is 11.4. The van der Waals surface area contributed by atoms with E-state index in [4.69, 9.17) is 16.3 Å². The molecule has 3 N–H and O–H groups in total. The first-order chi connectivity index (χ1) is 15.9. The minimum Gasteiger partial charge on any atom is -0.495 e. The number of amides is 2. The number of fused-ring (bicyclic) bond motifs is 1.